The summed E-state index contributed by atoms with van der Waals surface area (Å²) in [4.78, 5) is 61.5. The first-order chi connectivity index (χ1) is 30.2. The molecule has 1 saturated heterocycles. The third-order valence-corrected chi connectivity index (χ3v) is 21.0. The molecule has 6 atom stereocenters. The van der Waals surface area contributed by atoms with Crippen LogP contribution in [0.15, 0.2) is 115 Å². The summed E-state index contributed by atoms with van der Waals surface area (Å²) >= 11 is 0. The van der Waals surface area contributed by atoms with E-state index in [0.29, 0.717) is 12.1 Å². The van der Waals surface area contributed by atoms with E-state index >= 15 is 19.2 Å². The van der Waals surface area contributed by atoms with Gasteiger partial charge in [0.25, 0.3) is 0 Å². The van der Waals surface area contributed by atoms with Gasteiger partial charge in [0.1, 0.15) is 22.7 Å². The average molecular weight is 891 g/mol. The summed E-state index contributed by atoms with van der Waals surface area (Å²) in [5, 5.41) is 3.38. The molecule has 1 unspecified atom stereocenters. The van der Waals surface area contributed by atoms with Crippen molar-refractivity contribution >= 4 is 55.2 Å². The Morgan fingerprint density at radius 3 is 1.81 bits per heavy atom. The van der Waals surface area contributed by atoms with Crippen molar-refractivity contribution in [1.29, 1.82) is 0 Å². The quantitative estimate of drug-likeness (QED) is 0.0281. The third kappa shape index (κ3) is 8.52. The van der Waals surface area contributed by atoms with Gasteiger partial charge >= 0.3 is 11.9 Å². The second kappa shape index (κ2) is 18.8. The van der Waals surface area contributed by atoms with Gasteiger partial charge in [0.15, 0.2) is 25.4 Å². The largest absolute Gasteiger partial charge is 0.497 e. The van der Waals surface area contributed by atoms with Gasteiger partial charge in [-0.05, 0) is 57.7 Å². The summed E-state index contributed by atoms with van der Waals surface area (Å²) in [5.41, 5.74) is -2.84. The summed E-state index contributed by atoms with van der Waals surface area (Å²) in [5.74, 6) is -5.91. The number of rotatable bonds is 17. The van der Waals surface area contributed by atoms with Gasteiger partial charge in [-0.3, -0.25) is 19.2 Å². The fourth-order valence-corrected chi connectivity index (χ4v) is 16.6. The molecular weight excluding hydrogens is 829 g/mol. The molecule has 63 heavy (non-hydrogen) atoms. The van der Waals surface area contributed by atoms with Crippen LogP contribution >= 0.6 is 0 Å². The summed E-state index contributed by atoms with van der Waals surface area (Å²) < 4.78 is 36.3. The first-order valence-electron chi connectivity index (χ1n) is 22.1. The lowest BCUT2D eigenvalue weighted by atomic mass is 9.41. The zero-order valence-corrected chi connectivity index (χ0v) is 39.7. The van der Waals surface area contributed by atoms with E-state index < -0.39 is 74.3 Å². The molecule has 334 valence electrons. The summed E-state index contributed by atoms with van der Waals surface area (Å²) in [6.07, 6.45) is -0.881. The predicted octanol–water partition coefficient (Wildman–Crippen LogP) is 6.75. The van der Waals surface area contributed by atoms with Gasteiger partial charge in [-0.2, -0.15) is 0 Å². The number of benzene rings is 4. The van der Waals surface area contributed by atoms with Crippen LogP contribution in [0.5, 0.6) is 5.75 Å². The first kappa shape index (κ1) is 46.3. The molecule has 0 radical (unpaired) electrons. The van der Waals surface area contributed by atoms with Gasteiger partial charge in [-0.15, -0.1) is 0 Å². The average Bonchev–Trinajstić information content (AvgIpc) is 3.63. The molecule has 2 saturated carbocycles. The highest BCUT2D eigenvalue weighted by Gasteiger charge is 2.78. The van der Waals surface area contributed by atoms with Gasteiger partial charge < -0.3 is 28.4 Å². The van der Waals surface area contributed by atoms with Crippen molar-refractivity contribution in [2.75, 3.05) is 34.5 Å². The fraction of sp³-hybridized carbons (Fsp3) is 0.451. The van der Waals surface area contributed by atoms with E-state index in [0.717, 1.165) is 26.9 Å². The molecule has 3 aliphatic rings. The van der Waals surface area contributed by atoms with Crippen molar-refractivity contribution in [2.45, 2.75) is 82.8 Å². The molecular formula is C51H62O10Si2. The van der Waals surface area contributed by atoms with E-state index in [1.807, 2.05) is 78.9 Å². The maximum atomic E-state index is 15.6. The Labute approximate surface area is 374 Å². The molecule has 12 heteroatoms. The number of carbonyl (C=O) groups excluding carboxylic acids is 4. The minimum Gasteiger partial charge on any atom is -0.497 e. The number of hydrogen-bond acceptors (Lipinski definition) is 10. The zero-order chi connectivity index (χ0) is 45.0. The van der Waals surface area contributed by atoms with Crippen molar-refractivity contribution in [3.8, 4) is 5.75 Å². The number of fused-ring (bicyclic) bond motifs is 2. The monoisotopic (exact) mass is 890 g/mol. The van der Waals surface area contributed by atoms with Gasteiger partial charge in [0.2, 0.25) is 0 Å². The van der Waals surface area contributed by atoms with E-state index in [2.05, 4.69) is 56.0 Å². The summed E-state index contributed by atoms with van der Waals surface area (Å²) in [6, 6.07) is 39.6. The lowest BCUT2D eigenvalue weighted by Crippen LogP contribution is -2.71. The van der Waals surface area contributed by atoms with Crippen LogP contribution in [0.25, 0.3) is 0 Å². The van der Waals surface area contributed by atoms with E-state index in [1.165, 1.54) is 14.2 Å². The van der Waals surface area contributed by atoms with Crippen molar-refractivity contribution in [2.24, 2.45) is 28.6 Å². The highest BCUT2D eigenvalue weighted by Crippen LogP contribution is 2.66. The number of hydrogen-bond donors (Lipinski definition) is 0. The van der Waals surface area contributed by atoms with Gasteiger partial charge in [-0.25, -0.2) is 0 Å². The number of carbonyl (C=O) groups is 4. The second-order valence-corrected chi connectivity index (χ2v) is 28.4. The Balaban J connectivity index is 1.33. The maximum Gasteiger partial charge on any atom is 0.320 e. The fourth-order valence-electron chi connectivity index (χ4n) is 11.0. The SMILES string of the molecule is COc1ccc(COCC[C@@H]2[C@H](C)C(=O)[C@@]3(CC(C[Si](c4ccccc4)(c4ccccc4)c4ccccc4)OC3=O)[C@H]3CC(OC)(OC)CC(=O)[C@@]23C(=O)OCC[Si](C)(C)C)cc1. The molecule has 0 N–H and O–H groups in total. The summed E-state index contributed by atoms with van der Waals surface area (Å²) in [6.45, 7) is 8.87. The van der Waals surface area contributed by atoms with Crippen LogP contribution in [0.3, 0.4) is 0 Å². The maximum absolute atomic E-state index is 15.6. The van der Waals surface area contributed by atoms with Gasteiger partial charge in [-0.1, -0.05) is 130 Å². The normalized spacial score (nSPS) is 25.7. The molecule has 7 rings (SSSR count). The molecule has 4 aromatic rings. The molecule has 1 heterocycles. The number of cyclic esters (lactones) is 1. The van der Waals surface area contributed by atoms with Crippen LogP contribution < -0.4 is 20.3 Å². The number of Topliss-reactive ketones (excluding diaryl/α,β-unsaturated/α-hetero) is 2. The topological polar surface area (TPSA) is 124 Å². The Morgan fingerprint density at radius 2 is 1.30 bits per heavy atom. The molecule has 1 spiro atoms. The van der Waals surface area contributed by atoms with E-state index in [9.17, 15) is 0 Å². The molecule has 3 fully saturated rings. The zero-order valence-electron chi connectivity index (χ0n) is 37.7. The van der Waals surface area contributed by atoms with E-state index in [-0.39, 0.29) is 51.3 Å². The van der Waals surface area contributed by atoms with Crippen LogP contribution in [0.4, 0.5) is 0 Å². The van der Waals surface area contributed by atoms with Crippen LogP contribution in [-0.4, -0.2) is 86.1 Å². The highest BCUT2D eigenvalue weighted by atomic mass is 28.3. The highest BCUT2D eigenvalue weighted by molar-refractivity contribution is 7.11. The number of ketones is 2. The van der Waals surface area contributed by atoms with E-state index in [4.69, 9.17) is 28.4 Å². The molecule has 0 aromatic heterocycles. The Bertz CT molecular complexity index is 2130. The van der Waals surface area contributed by atoms with Crippen molar-refractivity contribution in [1.82, 2.24) is 0 Å². The number of ether oxygens (including phenoxy) is 6. The Morgan fingerprint density at radius 1 is 0.746 bits per heavy atom. The van der Waals surface area contributed by atoms with Crippen LogP contribution in [0, 0.1) is 28.6 Å². The Hall–Kier alpha value is -4.73. The van der Waals surface area contributed by atoms with Gasteiger partial charge in [0, 0.05) is 53.6 Å². The number of methoxy groups -OCH3 is 3. The smallest absolute Gasteiger partial charge is 0.320 e. The molecule has 1 aliphatic heterocycles. The molecule has 10 nitrogen and oxygen atoms in total. The minimum absolute atomic E-state index is 0.0116. The van der Waals surface area contributed by atoms with E-state index in [1.54, 1.807) is 14.0 Å². The third-order valence-electron chi connectivity index (χ3n) is 14.3. The van der Waals surface area contributed by atoms with Crippen molar-refractivity contribution in [3.63, 3.8) is 0 Å². The molecule has 4 aromatic carbocycles. The lowest BCUT2D eigenvalue weighted by Gasteiger charge is -2.59. The number of esters is 2. The van der Waals surface area contributed by atoms with Crippen molar-refractivity contribution < 1.29 is 47.6 Å². The van der Waals surface area contributed by atoms with Crippen molar-refractivity contribution in [3.05, 3.63) is 121 Å². The standard InChI is InChI=1S/C51H62O10Si2/c1-36-43(27-28-59-34-37-23-25-38(56-2)26-24-37)51(48(55)60-29-30-62(5,6)7)44(32-49(57-3,58-4)33-45(51)52)50(46(36)53)31-39(61-47(50)54)35-63(40-17-11-8-12-18-40,41-19-13-9-14-20-41)42-21-15-10-16-22-42/h8-26,36,39,43-44H,27-35H2,1-7H3/t36-,39?,43+,44+,50+,51+/m0/s1. The van der Waals surface area contributed by atoms with Gasteiger partial charge in [0.05, 0.1) is 26.7 Å². The van der Waals surface area contributed by atoms with Crippen LogP contribution in [0.2, 0.25) is 31.7 Å². The summed E-state index contributed by atoms with van der Waals surface area (Å²) in [7, 11) is -0.171. The lowest BCUT2D eigenvalue weighted by molar-refractivity contribution is -0.257. The second-order valence-electron chi connectivity index (χ2n) is 18.9. The minimum atomic E-state index is -3.00. The first-order valence-corrected chi connectivity index (χ1v) is 28.1. The van der Waals surface area contributed by atoms with Crippen LogP contribution in [-0.2, 0) is 49.5 Å². The molecule has 2 aliphatic carbocycles. The Kier molecular flexibility index (Phi) is 13.8. The molecule has 0 bridgehead atoms. The van der Waals surface area contributed by atoms with Crippen LogP contribution in [0.1, 0.15) is 38.2 Å². The predicted molar refractivity (Wildman–Crippen MR) is 247 cm³/mol. The molecule has 0 amide bonds.